The van der Waals surface area contributed by atoms with Gasteiger partial charge in [-0.15, -0.1) is 24.0 Å². The lowest BCUT2D eigenvalue weighted by Crippen LogP contribution is -2.48. The van der Waals surface area contributed by atoms with Gasteiger partial charge in [0.2, 0.25) is 0 Å². The monoisotopic (exact) mass is 521 g/mol. The molecule has 1 aromatic carbocycles. The highest BCUT2D eigenvalue weighted by molar-refractivity contribution is 14.0. The molecule has 0 amide bonds. The molecule has 0 bridgehead atoms. The van der Waals surface area contributed by atoms with E-state index in [0.717, 1.165) is 55.6 Å². The maximum Gasteiger partial charge on any atom is 0.191 e. The van der Waals surface area contributed by atoms with E-state index in [0.29, 0.717) is 6.54 Å². The van der Waals surface area contributed by atoms with Crippen molar-refractivity contribution in [3.8, 4) is 5.75 Å². The van der Waals surface area contributed by atoms with Gasteiger partial charge < -0.3 is 20.1 Å². The van der Waals surface area contributed by atoms with Gasteiger partial charge >= 0.3 is 0 Å². The van der Waals surface area contributed by atoms with Crippen LogP contribution in [0.3, 0.4) is 0 Å². The van der Waals surface area contributed by atoms with Gasteiger partial charge in [-0.3, -0.25) is 4.99 Å². The molecule has 1 heterocycles. The van der Waals surface area contributed by atoms with Gasteiger partial charge in [0.15, 0.2) is 5.96 Å². The van der Waals surface area contributed by atoms with Crippen LogP contribution in [0.25, 0.3) is 0 Å². The van der Waals surface area contributed by atoms with E-state index in [1.165, 1.54) is 5.56 Å². The first-order chi connectivity index (χ1) is 13.0. The van der Waals surface area contributed by atoms with E-state index in [-0.39, 0.29) is 34.8 Å². The van der Waals surface area contributed by atoms with Crippen LogP contribution in [-0.4, -0.2) is 49.4 Å². The van der Waals surface area contributed by atoms with Crippen molar-refractivity contribution < 1.29 is 9.47 Å². The van der Waals surface area contributed by atoms with Crippen molar-refractivity contribution in [1.29, 1.82) is 0 Å². The zero-order chi connectivity index (χ0) is 19.7. The maximum absolute atomic E-state index is 5.98. The van der Waals surface area contributed by atoms with Crippen LogP contribution in [-0.2, 0) is 11.3 Å². The second-order valence-electron chi connectivity index (χ2n) is 7.29. The second kappa shape index (κ2) is 12.8. The summed E-state index contributed by atoms with van der Waals surface area (Å²) in [5.74, 6) is 2.89. The van der Waals surface area contributed by atoms with Gasteiger partial charge in [0.25, 0.3) is 0 Å². The van der Waals surface area contributed by atoms with E-state index < -0.39 is 0 Å². The van der Waals surface area contributed by atoms with E-state index in [4.69, 9.17) is 9.47 Å². The van der Waals surface area contributed by atoms with E-state index in [1.54, 1.807) is 0 Å². The van der Waals surface area contributed by atoms with Crippen LogP contribution in [0.4, 0.5) is 0 Å². The molecule has 1 aliphatic heterocycles. The summed E-state index contributed by atoms with van der Waals surface area (Å²) in [4.78, 5) is 4.40. The molecule has 160 valence electrons. The number of aryl methyl sites for hydroxylation is 1. The minimum atomic E-state index is 0. The van der Waals surface area contributed by atoms with Gasteiger partial charge in [-0.2, -0.15) is 11.8 Å². The van der Waals surface area contributed by atoms with Crippen molar-refractivity contribution in [2.45, 2.75) is 57.9 Å². The standard InChI is InChI=1S/C21H35N3O2S.HI/c1-6-27-21(9-11-25-12-10-21)15-24-20(22-5)23-14-18-8-7-17(4)13-19(18)26-16(2)3;/h7-8,13,16H,6,9-12,14-15H2,1-5H3,(H2,22,23,24);1H. The molecule has 1 aliphatic rings. The van der Waals surface area contributed by atoms with Crippen molar-refractivity contribution >= 4 is 41.7 Å². The molecule has 2 N–H and O–H groups in total. The third kappa shape index (κ3) is 7.99. The zero-order valence-corrected chi connectivity index (χ0v) is 21.0. The van der Waals surface area contributed by atoms with Crippen LogP contribution in [0.1, 0.15) is 44.7 Å². The molecule has 7 heteroatoms. The molecule has 1 aromatic rings. The SMILES string of the molecule is CCSC1(CNC(=NC)NCc2ccc(C)cc2OC(C)C)CCOCC1.I. The van der Waals surface area contributed by atoms with Crippen LogP contribution in [0.15, 0.2) is 23.2 Å². The normalized spacial score (nSPS) is 16.4. The Morgan fingerprint density at radius 2 is 2.00 bits per heavy atom. The van der Waals surface area contributed by atoms with Gasteiger partial charge in [0, 0.05) is 43.7 Å². The Hall–Kier alpha value is -0.670. The van der Waals surface area contributed by atoms with Gasteiger partial charge in [-0.1, -0.05) is 19.1 Å². The molecule has 5 nitrogen and oxygen atoms in total. The Kier molecular flexibility index (Phi) is 11.6. The summed E-state index contributed by atoms with van der Waals surface area (Å²) in [6, 6.07) is 6.34. The Morgan fingerprint density at radius 1 is 1.29 bits per heavy atom. The highest BCUT2D eigenvalue weighted by Crippen LogP contribution is 2.34. The summed E-state index contributed by atoms with van der Waals surface area (Å²) in [7, 11) is 1.82. The van der Waals surface area contributed by atoms with Gasteiger partial charge in [-0.05, 0) is 51.0 Å². The van der Waals surface area contributed by atoms with Crippen molar-refractivity contribution in [3.63, 3.8) is 0 Å². The lowest BCUT2D eigenvalue weighted by molar-refractivity contribution is 0.0782. The number of nitrogens with one attached hydrogen (secondary N) is 2. The number of aliphatic imine (C=N–C) groups is 1. The van der Waals surface area contributed by atoms with E-state index in [2.05, 4.69) is 61.5 Å². The average Bonchev–Trinajstić information content (AvgIpc) is 2.64. The fourth-order valence-electron chi connectivity index (χ4n) is 3.24. The van der Waals surface area contributed by atoms with Crippen LogP contribution >= 0.6 is 35.7 Å². The second-order valence-corrected chi connectivity index (χ2v) is 9.02. The van der Waals surface area contributed by atoms with Gasteiger partial charge in [0.1, 0.15) is 5.75 Å². The Balaban J connectivity index is 0.00000392. The Labute approximate surface area is 191 Å². The highest BCUT2D eigenvalue weighted by atomic mass is 127. The molecule has 0 radical (unpaired) electrons. The molecular weight excluding hydrogens is 485 g/mol. The first kappa shape index (κ1) is 25.4. The lowest BCUT2D eigenvalue weighted by Gasteiger charge is -2.37. The predicted molar refractivity (Wildman–Crippen MR) is 131 cm³/mol. The molecule has 0 aliphatic carbocycles. The number of thioether (sulfide) groups is 1. The molecule has 1 fully saturated rings. The zero-order valence-electron chi connectivity index (χ0n) is 17.8. The number of nitrogens with zero attached hydrogens (tertiary/aromatic N) is 1. The highest BCUT2D eigenvalue weighted by Gasteiger charge is 2.32. The summed E-state index contributed by atoms with van der Waals surface area (Å²) in [6.07, 6.45) is 2.32. The van der Waals surface area contributed by atoms with Crippen LogP contribution in [0.2, 0.25) is 0 Å². The summed E-state index contributed by atoms with van der Waals surface area (Å²) < 4.78 is 11.8. The fourth-order valence-corrected chi connectivity index (χ4v) is 4.48. The fraction of sp³-hybridized carbons (Fsp3) is 0.667. The lowest BCUT2D eigenvalue weighted by atomic mass is 9.99. The minimum absolute atomic E-state index is 0. The molecule has 0 atom stereocenters. The number of halogens is 1. The average molecular weight is 522 g/mol. The van der Waals surface area contributed by atoms with Gasteiger partial charge in [0.05, 0.1) is 6.10 Å². The molecule has 28 heavy (non-hydrogen) atoms. The summed E-state index contributed by atoms with van der Waals surface area (Å²) in [5, 5.41) is 6.96. The minimum Gasteiger partial charge on any atom is -0.491 e. The van der Waals surface area contributed by atoms with Crippen molar-refractivity contribution in [2.24, 2.45) is 4.99 Å². The number of benzene rings is 1. The van der Waals surface area contributed by atoms with Crippen LogP contribution < -0.4 is 15.4 Å². The first-order valence-electron chi connectivity index (χ1n) is 9.90. The van der Waals surface area contributed by atoms with E-state index >= 15 is 0 Å². The summed E-state index contributed by atoms with van der Waals surface area (Å²) in [6.45, 7) is 11.7. The number of hydrogen-bond acceptors (Lipinski definition) is 4. The largest absolute Gasteiger partial charge is 0.491 e. The number of guanidine groups is 1. The molecular formula is C21H36IN3O2S. The quantitative estimate of drug-likeness (QED) is 0.303. The topological polar surface area (TPSA) is 54.9 Å². The third-order valence-electron chi connectivity index (χ3n) is 4.69. The molecule has 0 unspecified atom stereocenters. The third-order valence-corrected chi connectivity index (χ3v) is 6.14. The van der Waals surface area contributed by atoms with Crippen LogP contribution in [0.5, 0.6) is 5.75 Å². The molecule has 0 aromatic heterocycles. The van der Waals surface area contributed by atoms with Gasteiger partial charge in [-0.25, -0.2) is 0 Å². The predicted octanol–water partition coefficient (Wildman–Crippen LogP) is 4.37. The van der Waals surface area contributed by atoms with Crippen molar-refractivity contribution in [2.75, 3.05) is 32.6 Å². The summed E-state index contributed by atoms with van der Waals surface area (Å²) in [5.41, 5.74) is 2.34. The number of ether oxygens (including phenoxy) is 2. The van der Waals surface area contributed by atoms with Crippen molar-refractivity contribution in [1.82, 2.24) is 10.6 Å². The number of hydrogen-bond donors (Lipinski definition) is 2. The maximum atomic E-state index is 5.98. The Bertz CT molecular complexity index is 614. The van der Waals surface area contributed by atoms with E-state index in [1.807, 2.05) is 18.8 Å². The molecule has 1 saturated heterocycles. The smallest absolute Gasteiger partial charge is 0.191 e. The van der Waals surface area contributed by atoms with Crippen molar-refractivity contribution in [3.05, 3.63) is 29.3 Å². The molecule has 0 saturated carbocycles. The Morgan fingerprint density at radius 3 is 2.61 bits per heavy atom. The van der Waals surface area contributed by atoms with E-state index in [9.17, 15) is 0 Å². The molecule has 0 spiro atoms. The van der Waals surface area contributed by atoms with Crippen LogP contribution in [0, 0.1) is 6.92 Å². The summed E-state index contributed by atoms with van der Waals surface area (Å²) >= 11 is 2.03. The first-order valence-corrected chi connectivity index (χ1v) is 10.9. The molecule has 2 rings (SSSR count). The number of rotatable bonds is 8.